The molecule has 2 heterocycles. The van der Waals surface area contributed by atoms with Crippen LogP contribution in [-0.2, 0) is 25.6 Å². The van der Waals surface area contributed by atoms with Gasteiger partial charge >= 0.3 is 0 Å². The van der Waals surface area contributed by atoms with Crippen LogP contribution in [0.25, 0.3) is 0 Å². The van der Waals surface area contributed by atoms with Crippen molar-refractivity contribution >= 4 is 11.8 Å². The molecule has 31 heavy (non-hydrogen) atoms. The second-order valence-electron chi connectivity index (χ2n) is 7.51. The predicted molar refractivity (Wildman–Crippen MR) is 109 cm³/mol. The maximum atomic E-state index is 10.7. The lowest BCUT2D eigenvalue weighted by Gasteiger charge is -2.46. The molecule has 1 aromatic rings. The molecule has 10 atom stereocenters. The van der Waals surface area contributed by atoms with Gasteiger partial charge in [-0.3, -0.25) is 0 Å². The molecule has 0 aromatic heterocycles. The third-order valence-corrected chi connectivity index (χ3v) is 6.89. The summed E-state index contributed by atoms with van der Waals surface area (Å²) in [5, 5.41) is 59.6. The van der Waals surface area contributed by atoms with E-state index in [1.165, 1.54) is 7.11 Å². The van der Waals surface area contributed by atoms with Crippen molar-refractivity contribution in [2.75, 3.05) is 20.3 Å². The first-order valence-corrected chi connectivity index (χ1v) is 10.9. The first-order valence-electron chi connectivity index (χ1n) is 10.00. The van der Waals surface area contributed by atoms with Gasteiger partial charge in [0.15, 0.2) is 6.29 Å². The second kappa shape index (κ2) is 11.3. The van der Waals surface area contributed by atoms with Gasteiger partial charge in [-0.05, 0) is 5.56 Å². The van der Waals surface area contributed by atoms with E-state index >= 15 is 0 Å². The van der Waals surface area contributed by atoms with E-state index in [2.05, 4.69) is 0 Å². The molecule has 0 unspecified atom stereocenters. The number of aliphatic hydroxyl groups excluding tert-OH is 6. The molecule has 0 saturated carbocycles. The highest BCUT2D eigenvalue weighted by Gasteiger charge is 2.51. The van der Waals surface area contributed by atoms with Crippen LogP contribution in [0.1, 0.15) is 5.56 Å². The lowest BCUT2D eigenvalue weighted by molar-refractivity contribution is -0.318. The Kier molecular flexibility index (Phi) is 9.08. The van der Waals surface area contributed by atoms with Crippen molar-refractivity contribution in [1.29, 1.82) is 0 Å². The third-order valence-electron chi connectivity index (χ3n) is 5.46. The Bertz CT molecular complexity index is 665. The van der Waals surface area contributed by atoms with Gasteiger partial charge < -0.3 is 49.6 Å². The van der Waals surface area contributed by atoms with E-state index in [1.807, 2.05) is 30.3 Å². The van der Waals surface area contributed by atoms with E-state index in [9.17, 15) is 30.6 Å². The Morgan fingerprint density at radius 2 is 1.61 bits per heavy atom. The molecule has 0 radical (unpaired) electrons. The quantitative estimate of drug-likeness (QED) is 0.259. The van der Waals surface area contributed by atoms with Gasteiger partial charge in [-0.1, -0.05) is 30.3 Å². The predicted octanol–water partition coefficient (Wildman–Crippen LogP) is -1.80. The third kappa shape index (κ3) is 5.57. The summed E-state index contributed by atoms with van der Waals surface area (Å²) in [7, 11) is 1.36. The van der Waals surface area contributed by atoms with E-state index < -0.39 is 72.9 Å². The summed E-state index contributed by atoms with van der Waals surface area (Å²) in [5.41, 5.74) is -0.220. The van der Waals surface area contributed by atoms with Gasteiger partial charge in [0, 0.05) is 7.11 Å². The molecule has 0 aliphatic carbocycles. The van der Waals surface area contributed by atoms with E-state index in [1.54, 1.807) is 0 Å². The van der Waals surface area contributed by atoms with E-state index in [-0.39, 0.29) is 6.61 Å². The van der Waals surface area contributed by atoms with Crippen LogP contribution < -0.4 is 0 Å². The van der Waals surface area contributed by atoms with Crippen molar-refractivity contribution in [1.82, 2.24) is 0 Å². The highest BCUT2D eigenvalue weighted by atomic mass is 32.2. The van der Waals surface area contributed by atoms with Crippen molar-refractivity contribution in [3.05, 3.63) is 35.9 Å². The number of thioether (sulfide) groups is 1. The van der Waals surface area contributed by atoms with Crippen molar-refractivity contribution in [2.24, 2.45) is 0 Å². The topological polar surface area (TPSA) is 158 Å². The SMILES string of the molecule is CO[C@H]1O[C@H](CO)[C@@H](O)[C@H](OCc2ccccc2)[C@H]1O[C@H]1S[C@H](CO)[C@@H](O)[C@H](O)[C@H]1O. The lowest BCUT2D eigenvalue weighted by atomic mass is 9.98. The Labute approximate surface area is 184 Å². The standard InChI is InChI=1S/C20H30O10S/c1-27-19-18(30-20-16(26)15(25)14(24)12(8-22)31-20)17(13(23)11(7-21)29-19)28-9-10-5-3-2-4-6-10/h2-6,11-26H,7-9H2,1H3/t11-,12-,13-,14-,15+,16-,17+,18-,19+,20+/m1/s1. The minimum absolute atomic E-state index is 0.137. The number of methoxy groups -OCH3 is 1. The van der Waals surface area contributed by atoms with E-state index in [0.29, 0.717) is 0 Å². The van der Waals surface area contributed by atoms with Crippen LogP contribution >= 0.6 is 11.8 Å². The molecular formula is C20H30O10S. The molecule has 0 bridgehead atoms. The molecule has 11 heteroatoms. The maximum Gasteiger partial charge on any atom is 0.186 e. The minimum atomic E-state index is -1.53. The summed E-state index contributed by atoms with van der Waals surface area (Å²) in [4.78, 5) is 0. The van der Waals surface area contributed by atoms with Crippen LogP contribution in [0.3, 0.4) is 0 Å². The summed E-state index contributed by atoms with van der Waals surface area (Å²) >= 11 is 0.952. The van der Waals surface area contributed by atoms with Crippen LogP contribution in [0.4, 0.5) is 0 Å². The largest absolute Gasteiger partial charge is 0.395 e. The molecular weight excluding hydrogens is 432 g/mol. The Hall–Kier alpha value is -0.830. The van der Waals surface area contributed by atoms with Crippen LogP contribution in [0.5, 0.6) is 0 Å². The van der Waals surface area contributed by atoms with Crippen LogP contribution in [0, 0.1) is 0 Å². The normalized spacial score (nSPS) is 41.3. The molecule has 6 N–H and O–H groups in total. The lowest BCUT2D eigenvalue weighted by Crippen LogP contribution is -2.63. The highest BCUT2D eigenvalue weighted by Crippen LogP contribution is 2.37. The monoisotopic (exact) mass is 462 g/mol. The van der Waals surface area contributed by atoms with Gasteiger partial charge in [0.1, 0.15) is 42.1 Å². The summed E-state index contributed by atoms with van der Waals surface area (Å²) in [5.74, 6) is 0. The fourth-order valence-electron chi connectivity index (χ4n) is 3.67. The molecule has 2 aliphatic rings. The highest BCUT2D eigenvalue weighted by molar-refractivity contribution is 8.00. The molecule has 2 saturated heterocycles. The number of rotatable bonds is 8. The average Bonchev–Trinajstić information content (AvgIpc) is 2.79. The minimum Gasteiger partial charge on any atom is -0.395 e. The van der Waals surface area contributed by atoms with Crippen molar-refractivity contribution in [2.45, 2.75) is 66.3 Å². The summed E-state index contributed by atoms with van der Waals surface area (Å²) < 4.78 is 22.8. The number of benzene rings is 1. The number of ether oxygens (including phenoxy) is 4. The zero-order valence-corrected chi connectivity index (χ0v) is 17.8. The molecule has 3 rings (SSSR count). The van der Waals surface area contributed by atoms with Gasteiger partial charge in [0.2, 0.25) is 0 Å². The Morgan fingerprint density at radius 3 is 2.23 bits per heavy atom. The summed E-state index contributed by atoms with van der Waals surface area (Å²) in [6, 6.07) is 9.25. The second-order valence-corrected chi connectivity index (χ2v) is 8.85. The zero-order valence-electron chi connectivity index (χ0n) is 17.0. The van der Waals surface area contributed by atoms with E-state index in [4.69, 9.17) is 18.9 Å². The summed E-state index contributed by atoms with van der Waals surface area (Å²) in [6.07, 6.45) is -9.67. The van der Waals surface area contributed by atoms with Gasteiger partial charge in [0.05, 0.1) is 31.2 Å². The van der Waals surface area contributed by atoms with Crippen molar-refractivity contribution < 1.29 is 49.6 Å². The number of hydrogen-bond donors (Lipinski definition) is 6. The Balaban J connectivity index is 1.80. The van der Waals surface area contributed by atoms with Crippen molar-refractivity contribution in [3.8, 4) is 0 Å². The van der Waals surface area contributed by atoms with Crippen LogP contribution in [0.15, 0.2) is 30.3 Å². The zero-order chi connectivity index (χ0) is 22.5. The molecule has 0 spiro atoms. The van der Waals surface area contributed by atoms with Gasteiger partial charge in [-0.15, -0.1) is 11.8 Å². The van der Waals surface area contributed by atoms with Crippen LogP contribution in [0.2, 0.25) is 0 Å². The maximum absolute atomic E-state index is 10.7. The first kappa shape index (κ1) is 24.8. The summed E-state index contributed by atoms with van der Waals surface area (Å²) in [6.45, 7) is -0.775. The number of hydrogen-bond acceptors (Lipinski definition) is 11. The fraction of sp³-hybridized carbons (Fsp3) is 0.700. The molecule has 0 amide bonds. The van der Waals surface area contributed by atoms with Crippen molar-refractivity contribution in [3.63, 3.8) is 0 Å². The van der Waals surface area contributed by atoms with Crippen LogP contribution in [-0.4, -0.2) is 111 Å². The van der Waals surface area contributed by atoms with Gasteiger partial charge in [0.25, 0.3) is 0 Å². The molecule has 10 nitrogen and oxygen atoms in total. The molecule has 2 aliphatic heterocycles. The Morgan fingerprint density at radius 1 is 0.903 bits per heavy atom. The first-order chi connectivity index (χ1) is 14.9. The van der Waals surface area contributed by atoms with Gasteiger partial charge in [-0.2, -0.15) is 0 Å². The molecule has 2 fully saturated rings. The molecule has 1 aromatic carbocycles. The fourth-order valence-corrected chi connectivity index (χ4v) is 4.94. The van der Waals surface area contributed by atoms with Gasteiger partial charge in [-0.25, -0.2) is 0 Å². The molecule has 176 valence electrons. The smallest absolute Gasteiger partial charge is 0.186 e. The number of aliphatic hydroxyl groups is 6. The average molecular weight is 463 g/mol. The van der Waals surface area contributed by atoms with E-state index in [0.717, 1.165) is 17.3 Å².